The summed E-state index contributed by atoms with van der Waals surface area (Å²) in [6, 6.07) is 9.83. The van der Waals surface area contributed by atoms with Gasteiger partial charge in [-0.3, -0.25) is 4.90 Å². The number of benzene rings is 1. The van der Waals surface area contributed by atoms with Gasteiger partial charge in [0.25, 0.3) is 0 Å². The number of rotatable bonds is 6. The van der Waals surface area contributed by atoms with Crippen LogP contribution >= 0.6 is 0 Å². The molecule has 0 amide bonds. The highest BCUT2D eigenvalue weighted by Gasteiger charge is 2.28. The molecule has 0 radical (unpaired) electrons. The number of likely N-dealkylation sites (tertiary alicyclic amines) is 2. The van der Waals surface area contributed by atoms with Gasteiger partial charge in [-0.05, 0) is 88.8 Å². The topological polar surface area (TPSA) is 32.5 Å². The van der Waals surface area contributed by atoms with Crippen LogP contribution in [0, 0.1) is 5.92 Å². The third-order valence-corrected chi connectivity index (χ3v) is 5.89. The molecule has 1 aromatic rings. The molecule has 0 aliphatic carbocycles. The average Bonchev–Trinajstić information content (AvgIpc) is 3.11. The molecule has 2 heterocycles. The predicted molar refractivity (Wildman–Crippen MR) is 97.5 cm³/mol. The highest BCUT2D eigenvalue weighted by molar-refractivity contribution is 5.22. The van der Waals surface area contributed by atoms with Crippen LogP contribution in [0.15, 0.2) is 24.3 Å². The first-order chi connectivity index (χ1) is 11.3. The number of hydrogen-bond donors (Lipinski definition) is 1. The summed E-state index contributed by atoms with van der Waals surface area (Å²) in [5, 5.41) is 0. The monoisotopic (exact) mass is 315 g/mol. The smallest absolute Gasteiger partial charge is 0.0233 e. The molecule has 0 aromatic heterocycles. The Hall–Kier alpha value is -0.900. The van der Waals surface area contributed by atoms with Crippen LogP contribution in [-0.4, -0.2) is 48.6 Å². The van der Waals surface area contributed by atoms with Gasteiger partial charge in [0.05, 0.1) is 0 Å². The normalized spacial score (nSPS) is 22.5. The SMILES string of the molecule is C[C@@H](C1CCN(Cc2ccc(CCN)cc2)CC1)N1CCCC1. The molecule has 1 atom stereocenters. The van der Waals surface area contributed by atoms with Crippen LogP contribution in [-0.2, 0) is 13.0 Å². The fraction of sp³-hybridized carbons (Fsp3) is 0.700. The molecule has 0 saturated carbocycles. The van der Waals surface area contributed by atoms with Gasteiger partial charge in [0.1, 0.15) is 0 Å². The molecule has 128 valence electrons. The fourth-order valence-electron chi connectivity index (χ4n) is 4.28. The lowest BCUT2D eigenvalue weighted by Crippen LogP contribution is -2.42. The molecule has 0 bridgehead atoms. The number of nitrogens with zero attached hydrogens (tertiary/aromatic N) is 2. The largest absolute Gasteiger partial charge is 0.330 e. The molecule has 3 nitrogen and oxygen atoms in total. The van der Waals surface area contributed by atoms with E-state index in [1.165, 1.54) is 63.0 Å². The minimum Gasteiger partial charge on any atom is -0.330 e. The third kappa shape index (κ3) is 4.56. The van der Waals surface area contributed by atoms with Crippen molar-refractivity contribution in [1.82, 2.24) is 9.80 Å². The van der Waals surface area contributed by atoms with Crippen molar-refractivity contribution in [1.29, 1.82) is 0 Å². The molecule has 0 spiro atoms. The summed E-state index contributed by atoms with van der Waals surface area (Å²) in [6.07, 6.45) is 6.53. The Morgan fingerprint density at radius 1 is 1.00 bits per heavy atom. The van der Waals surface area contributed by atoms with E-state index in [1.807, 2.05) is 0 Å². The molecule has 2 fully saturated rings. The van der Waals surface area contributed by atoms with Crippen LogP contribution < -0.4 is 5.73 Å². The van der Waals surface area contributed by atoms with Crippen molar-refractivity contribution in [2.45, 2.75) is 51.6 Å². The van der Waals surface area contributed by atoms with Crippen molar-refractivity contribution in [3.63, 3.8) is 0 Å². The van der Waals surface area contributed by atoms with Gasteiger partial charge in [-0.2, -0.15) is 0 Å². The highest BCUT2D eigenvalue weighted by atomic mass is 15.2. The molecule has 2 N–H and O–H groups in total. The van der Waals surface area contributed by atoms with Crippen molar-refractivity contribution >= 4 is 0 Å². The van der Waals surface area contributed by atoms with E-state index in [9.17, 15) is 0 Å². The Bertz CT molecular complexity index is 456. The van der Waals surface area contributed by atoms with E-state index >= 15 is 0 Å². The van der Waals surface area contributed by atoms with E-state index in [2.05, 4.69) is 41.0 Å². The summed E-state index contributed by atoms with van der Waals surface area (Å²) in [5.41, 5.74) is 8.42. The molecule has 2 aliphatic rings. The Balaban J connectivity index is 1.45. The van der Waals surface area contributed by atoms with Gasteiger partial charge in [0.15, 0.2) is 0 Å². The van der Waals surface area contributed by atoms with Crippen LogP contribution in [0.3, 0.4) is 0 Å². The number of hydrogen-bond acceptors (Lipinski definition) is 3. The van der Waals surface area contributed by atoms with Gasteiger partial charge in [0, 0.05) is 12.6 Å². The molecule has 0 unspecified atom stereocenters. The van der Waals surface area contributed by atoms with Crippen LogP contribution in [0.2, 0.25) is 0 Å². The lowest BCUT2D eigenvalue weighted by Gasteiger charge is -2.38. The standard InChI is InChI=1S/C20H33N3/c1-17(23-12-2-3-13-23)20-9-14-22(15-10-20)16-19-6-4-18(5-7-19)8-11-21/h4-7,17,20H,2-3,8-16,21H2,1H3/t17-/m0/s1. The second-order valence-corrected chi connectivity index (χ2v) is 7.45. The van der Waals surface area contributed by atoms with Crippen LogP contribution in [0.25, 0.3) is 0 Å². The van der Waals surface area contributed by atoms with Crippen molar-refractivity contribution in [3.8, 4) is 0 Å². The molecule has 1 aromatic carbocycles. The number of piperidine rings is 1. The van der Waals surface area contributed by atoms with Crippen molar-refractivity contribution in [2.24, 2.45) is 11.7 Å². The number of nitrogens with two attached hydrogens (primary N) is 1. The molecule has 3 heteroatoms. The first-order valence-corrected chi connectivity index (χ1v) is 9.50. The van der Waals surface area contributed by atoms with E-state index in [0.717, 1.165) is 31.5 Å². The lowest BCUT2D eigenvalue weighted by atomic mass is 9.89. The molecule has 3 rings (SSSR count). The first-order valence-electron chi connectivity index (χ1n) is 9.50. The summed E-state index contributed by atoms with van der Waals surface area (Å²) in [6.45, 7) is 9.48. The van der Waals surface area contributed by atoms with Gasteiger partial charge in [-0.25, -0.2) is 0 Å². The zero-order valence-corrected chi connectivity index (χ0v) is 14.7. The summed E-state index contributed by atoms with van der Waals surface area (Å²) in [4.78, 5) is 5.35. The maximum Gasteiger partial charge on any atom is 0.0233 e. The van der Waals surface area contributed by atoms with Gasteiger partial charge in [-0.15, -0.1) is 0 Å². The second-order valence-electron chi connectivity index (χ2n) is 7.45. The van der Waals surface area contributed by atoms with E-state index in [-0.39, 0.29) is 0 Å². The predicted octanol–water partition coefficient (Wildman–Crippen LogP) is 2.88. The molecule has 2 aliphatic heterocycles. The summed E-state index contributed by atoms with van der Waals surface area (Å²) in [5.74, 6) is 0.899. The summed E-state index contributed by atoms with van der Waals surface area (Å²) in [7, 11) is 0. The van der Waals surface area contributed by atoms with Crippen molar-refractivity contribution in [2.75, 3.05) is 32.7 Å². The zero-order valence-electron chi connectivity index (χ0n) is 14.7. The molecular weight excluding hydrogens is 282 g/mol. The third-order valence-electron chi connectivity index (χ3n) is 5.89. The lowest BCUT2D eigenvalue weighted by molar-refractivity contribution is 0.108. The van der Waals surface area contributed by atoms with Crippen LogP contribution in [0.1, 0.15) is 43.7 Å². The van der Waals surface area contributed by atoms with Gasteiger partial charge >= 0.3 is 0 Å². The minimum absolute atomic E-state index is 0.738. The zero-order chi connectivity index (χ0) is 16.1. The Morgan fingerprint density at radius 2 is 1.61 bits per heavy atom. The quantitative estimate of drug-likeness (QED) is 0.876. The second kappa shape index (κ2) is 8.27. The van der Waals surface area contributed by atoms with E-state index in [4.69, 9.17) is 5.73 Å². The Labute approximate surface area is 141 Å². The molecule has 2 saturated heterocycles. The van der Waals surface area contributed by atoms with Gasteiger partial charge in [-0.1, -0.05) is 24.3 Å². The van der Waals surface area contributed by atoms with Gasteiger partial charge in [0.2, 0.25) is 0 Å². The summed E-state index contributed by atoms with van der Waals surface area (Å²) >= 11 is 0. The van der Waals surface area contributed by atoms with Crippen molar-refractivity contribution < 1.29 is 0 Å². The molecule has 23 heavy (non-hydrogen) atoms. The van der Waals surface area contributed by atoms with E-state index in [0.29, 0.717) is 0 Å². The minimum atomic E-state index is 0.738. The van der Waals surface area contributed by atoms with E-state index in [1.54, 1.807) is 0 Å². The maximum atomic E-state index is 5.62. The fourth-order valence-corrected chi connectivity index (χ4v) is 4.28. The Kier molecular flexibility index (Phi) is 6.09. The van der Waals surface area contributed by atoms with E-state index < -0.39 is 0 Å². The highest BCUT2D eigenvalue weighted by Crippen LogP contribution is 2.27. The average molecular weight is 316 g/mol. The maximum absolute atomic E-state index is 5.62. The van der Waals surface area contributed by atoms with Crippen molar-refractivity contribution in [3.05, 3.63) is 35.4 Å². The Morgan fingerprint density at radius 3 is 2.22 bits per heavy atom. The van der Waals surface area contributed by atoms with Crippen LogP contribution in [0.5, 0.6) is 0 Å². The summed E-state index contributed by atoms with van der Waals surface area (Å²) < 4.78 is 0. The molecular formula is C20H33N3. The van der Waals surface area contributed by atoms with Gasteiger partial charge < -0.3 is 10.6 Å². The first kappa shape index (κ1) is 16.9. The van der Waals surface area contributed by atoms with Crippen LogP contribution in [0.4, 0.5) is 0 Å².